The molecule has 1 heterocycles. The molecule has 0 saturated heterocycles. The summed E-state index contributed by atoms with van der Waals surface area (Å²) in [5, 5.41) is 3.64. The Morgan fingerprint density at radius 2 is 2.38 bits per heavy atom. The Morgan fingerprint density at radius 1 is 1.50 bits per heavy atom. The van der Waals surface area contributed by atoms with Crippen molar-refractivity contribution >= 4 is 0 Å². The zero-order valence-electron chi connectivity index (χ0n) is 10.4. The van der Waals surface area contributed by atoms with E-state index in [9.17, 15) is 0 Å². The molecule has 1 saturated carbocycles. The van der Waals surface area contributed by atoms with E-state index in [4.69, 9.17) is 4.42 Å². The van der Waals surface area contributed by atoms with Gasteiger partial charge in [-0.25, -0.2) is 0 Å². The second kappa shape index (κ2) is 5.53. The largest absolute Gasteiger partial charge is 0.468 e. The Morgan fingerprint density at radius 3 is 2.94 bits per heavy atom. The zero-order chi connectivity index (χ0) is 11.4. The van der Waals surface area contributed by atoms with Gasteiger partial charge in [-0.15, -0.1) is 0 Å². The molecule has 3 atom stereocenters. The van der Waals surface area contributed by atoms with Crippen LogP contribution in [0, 0.1) is 11.8 Å². The van der Waals surface area contributed by atoms with Crippen LogP contribution in [0.2, 0.25) is 0 Å². The van der Waals surface area contributed by atoms with Gasteiger partial charge in [-0.2, -0.15) is 0 Å². The lowest BCUT2D eigenvalue weighted by atomic mass is 9.95. The van der Waals surface area contributed by atoms with Gasteiger partial charge >= 0.3 is 0 Å². The van der Waals surface area contributed by atoms with E-state index in [1.807, 2.05) is 6.07 Å². The highest BCUT2D eigenvalue weighted by Gasteiger charge is 2.30. The summed E-state index contributed by atoms with van der Waals surface area (Å²) in [6.07, 6.45) is 7.01. The molecule has 1 aromatic rings. The molecule has 0 aliphatic heterocycles. The molecule has 1 aliphatic carbocycles. The third-order valence-corrected chi connectivity index (χ3v) is 3.67. The lowest BCUT2D eigenvalue weighted by molar-refractivity contribution is 0.307. The summed E-state index contributed by atoms with van der Waals surface area (Å²) in [7, 11) is 0. The normalized spacial score (nSPS) is 27.1. The summed E-state index contributed by atoms with van der Waals surface area (Å²) in [6.45, 7) is 5.65. The van der Waals surface area contributed by atoms with Crippen LogP contribution in [0.1, 0.15) is 51.3 Å². The molecule has 1 aliphatic rings. The Balaban J connectivity index is 2.02. The Labute approximate surface area is 98.4 Å². The van der Waals surface area contributed by atoms with Gasteiger partial charge in [0.15, 0.2) is 0 Å². The van der Waals surface area contributed by atoms with Crippen LogP contribution in [0.25, 0.3) is 0 Å². The van der Waals surface area contributed by atoms with Crippen molar-refractivity contribution in [2.24, 2.45) is 11.8 Å². The van der Waals surface area contributed by atoms with Crippen molar-refractivity contribution in [3.63, 3.8) is 0 Å². The van der Waals surface area contributed by atoms with E-state index < -0.39 is 0 Å². The van der Waals surface area contributed by atoms with Crippen molar-refractivity contribution in [3.8, 4) is 0 Å². The second-order valence-corrected chi connectivity index (χ2v) is 5.13. The standard InChI is InChI=1S/C14H23NO/c1-3-8-15-14(13-5-4-9-16-13)12-7-6-11(2)10-12/h4-5,9,11-12,14-15H,3,6-8,10H2,1-2H3. The highest BCUT2D eigenvalue weighted by Crippen LogP contribution is 2.38. The molecule has 1 aromatic heterocycles. The summed E-state index contributed by atoms with van der Waals surface area (Å²) in [5.74, 6) is 2.76. The summed E-state index contributed by atoms with van der Waals surface area (Å²) in [6, 6.07) is 4.53. The lowest BCUT2D eigenvalue weighted by Gasteiger charge is -2.23. The minimum absolute atomic E-state index is 0.430. The quantitative estimate of drug-likeness (QED) is 0.819. The highest BCUT2D eigenvalue weighted by molar-refractivity contribution is 5.07. The Kier molecular flexibility index (Phi) is 4.05. The van der Waals surface area contributed by atoms with E-state index in [-0.39, 0.29) is 0 Å². The molecular formula is C14H23NO. The maximum atomic E-state index is 5.58. The average Bonchev–Trinajstić information content (AvgIpc) is 2.91. The molecule has 0 spiro atoms. The molecule has 1 fully saturated rings. The van der Waals surface area contributed by atoms with Crippen molar-refractivity contribution in [1.29, 1.82) is 0 Å². The van der Waals surface area contributed by atoms with E-state index >= 15 is 0 Å². The molecule has 0 bridgehead atoms. The molecule has 1 N–H and O–H groups in total. The number of hydrogen-bond acceptors (Lipinski definition) is 2. The topological polar surface area (TPSA) is 25.2 Å². The van der Waals surface area contributed by atoms with Gasteiger partial charge < -0.3 is 9.73 Å². The van der Waals surface area contributed by atoms with Crippen molar-refractivity contribution in [2.45, 2.75) is 45.6 Å². The first-order valence-electron chi connectivity index (χ1n) is 6.58. The summed E-state index contributed by atoms with van der Waals surface area (Å²) in [4.78, 5) is 0. The number of hydrogen-bond donors (Lipinski definition) is 1. The molecule has 90 valence electrons. The van der Waals surface area contributed by atoms with Crippen molar-refractivity contribution < 1.29 is 4.42 Å². The van der Waals surface area contributed by atoms with E-state index in [1.165, 1.54) is 25.7 Å². The first-order chi connectivity index (χ1) is 7.81. The van der Waals surface area contributed by atoms with E-state index in [0.29, 0.717) is 6.04 Å². The van der Waals surface area contributed by atoms with Gasteiger partial charge in [-0.05, 0) is 49.8 Å². The number of furan rings is 1. The van der Waals surface area contributed by atoms with E-state index in [2.05, 4.69) is 25.2 Å². The van der Waals surface area contributed by atoms with Gasteiger partial charge in [0.1, 0.15) is 5.76 Å². The van der Waals surface area contributed by atoms with Crippen LogP contribution in [0.4, 0.5) is 0 Å². The van der Waals surface area contributed by atoms with E-state index in [1.54, 1.807) is 6.26 Å². The van der Waals surface area contributed by atoms with Crippen molar-refractivity contribution in [1.82, 2.24) is 5.32 Å². The SMILES string of the molecule is CCCNC(c1ccco1)C1CCC(C)C1. The average molecular weight is 221 g/mol. The van der Waals surface area contributed by atoms with E-state index in [0.717, 1.165) is 24.1 Å². The van der Waals surface area contributed by atoms with Crippen LogP contribution in [-0.4, -0.2) is 6.54 Å². The molecule has 0 aromatic carbocycles. The Hall–Kier alpha value is -0.760. The minimum atomic E-state index is 0.430. The van der Waals surface area contributed by atoms with Crippen LogP contribution in [0.15, 0.2) is 22.8 Å². The smallest absolute Gasteiger partial charge is 0.120 e. The first kappa shape index (κ1) is 11.7. The molecule has 2 heteroatoms. The van der Waals surface area contributed by atoms with Crippen LogP contribution in [-0.2, 0) is 0 Å². The van der Waals surface area contributed by atoms with Crippen LogP contribution in [0.3, 0.4) is 0 Å². The minimum Gasteiger partial charge on any atom is -0.468 e. The number of rotatable bonds is 5. The predicted octanol–water partition coefficient (Wildman–Crippen LogP) is 3.76. The third-order valence-electron chi connectivity index (χ3n) is 3.67. The summed E-state index contributed by atoms with van der Waals surface area (Å²) >= 11 is 0. The molecule has 2 rings (SSSR count). The van der Waals surface area contributed by atoms with Crippen LogP contribution in [0.5, 0.6) is 0 Å². The summed E-state index contributed by atoms with van der Waals surface area (Å²) in [5.41, 5.74) is 0. The third kappa shape index (κ3) is 2.67. The number of nitrogens with one attached hydrogen (secondary N) is 1. The fourth-order valence-electron chi connectivity index (χ4n) is 2.82. The zero-order valence-corrected chi connectivity index (χ0v) is 10.4. The Bertz CT molecular complexity index is 294. The van der Waals surface area contributed by atoms with Crippen LogP contribution < -0.4 is 5.32 Å². The first-order valence-corrected chi connectivity index (χ1v) is 6.58. The molecular weight excluding hydrogens is 198 g/mol. The fourth-order valence-corrected chi connectivity index (χ4v) is 2.82. The summed E-state index contributed by atoms with van der Waals surface area (Å²) < 4.78 is 5.58. The monoisotopic (exact) mass is 221 g/mol. The molecule has 2 nitrogen and oxygen atoms in total. The molecule has 16 heavy (non-hydrogen) atoms. The molecule has 3 unspecified atom stereocenters. The van der Waals surface area contributed by atoms with Gasteiger partial charge in [0, 0.05) is 0 Å². The molecule has 0 radical (unpaired) electrons. The highest BCUT2D eigenvalue weighted by atomic mass is 16.3. The maximum absolute atomic E-state index is 5.58. The van der Waals surface area contributed by atoms with Gasteiger partial charge in [0.2, 0.25) is 0 Å². The maximum Gasteiger partial charge on any atom is 0.120 e. The van der Waals surface area contributed by atoms with Gasteiger partial charge in [0.25, 0.3) is 0 Å². The lowest BCUT2D eigenvalue weighted by Crippen LogP contribution is -2.27. The van der Waals surface area contributed by atoms with Crippen LogP contribution >= 0.6 is 0 Å². The van der Waals surface area contributed by atoms with Crippen molar-refractivity contribution in [2.75, 3.05) is 6.54 Å². The van der Waals surface area contributed by atoms with Crippen molar-refractivity contribution in [3.05, 3.63) is 24.2 Å². The van der Waals surface area contributed by atoms with Gasteiger partial charge in [-0.1, -0.05) is 20.3 Å². The van der Waals surface area contributed by atoms with Gasteiger partial charge in [-0.3, -0.25) is 0 Å². The fraction of sp³-hybridized carbons (Fsp3) is 0.714. The molecule has 0 amide bonds. The second-order valence-electron chi connectivity index (χ2n) is 5.13. The predicted molar refractivity (Wildman–Crippen MR) is 66.2 cm³/mol. The van der Waals surface area contributed by atoms with Gasteiger partial charge in [0.05, 0.1) is 12.3 Å².